The van der Waals surface area contributed by atoms with Gasteiger partial charge in [0.05, 0.1) is 12.8 Å². The van der Waals surface area contributed by atoms with Crippen molar-refractivity contribution in [1.82, 2.24) is 24.7 Å². The smallest absolute Gasteiger partial charge is 0.180 e. The van der Waals surface area contributed by atoms with Gasteiger partial charge in [-0.1, -0.05) is 6.07 Å². The highest BCUT2D eigenvalue weighted by molar-refractivity contribution is 5.53. The van der Waals surface area contributed by atoms with Gasteiger partial charge in [0.2, 0.25) is 0 Å². The van der Waals surface area contributed by atoms with Gasteiger partial charge in [0.1, 0.15) is 17.6 Å². The average Bonchev–Trinajstić information content (AvgIpc) is 3.08. The van der Waals surface area contributed by atoms with Gasteiger partial charge in [0.15, 0.2) is 5.82 Å². The molecule has 0 amide bonds. The third-order valence-corrected chi connectivity index (χ3v) is 4.22. The molecule has 4 heterocycles. The Morgan fingerprint density at radius 3 is 2.92 bits per heavy atom. The van der Waals surface area contributed by atoms with Crippen LogP contribution in [0.4, 0.5) is 5.82 Å². The molecular weight excluding hydrogens is 316 g/mol. The molecule has 3 aromatic rings. The molecule has 25 heavy (non-hydrogen) atoms. The number of anilines is 1. The minimum atomic E-state index is -0.00368. The number of pyridine rings is 1. The van der Waals surface area contributed by atoms with E-state index in [0.717, 1.165) is 35.9 Å². The molecular formula is C18H20N6O. The Morgan fingerprint density at radius 2 is 2.16 bits per heavy atom. The van der Waals surface area contributed by atoms with Crippen molar-refractivity contribution in [3.05, 3.63) is 54.1 Å². The molecule has 4 rings (SSSR count). The van der Waals surface area contributed by atoms with Gasteiger partial charge in [-0.25, -0.2) is 9.97 Å². The van der Waals surface area contributed by atoms with Crippen LogP contribution in [0.2, 0.25) is 0 Å². The molecule has 0 aliphatic carbocycles. The Kier molecular flexibility index (Phi) is 4.15. The highest BCUT2D eigenvalue weighted by atomic mass is 16.5. The zero-order chi connectivity index (χ0) is 17.2. The SMILES string of the molecule is Cc1cc(N2CCOC(c3cnn(C)c3)C2)nc(-c2ccccn2)n1. The van der Waals surface area contributed by atoms with Crippen LogP contribution in [0.3, 0.4) is 0 Å². The molecule has 1 atom stereocenters. The maximum absolute atomic E-state index is 5.92. The van der Waals surface area contributed by atoms with E-state index in [4.69, 9.17) is 9.72 Å². The van der Waals surface area contributed by atoms with Gasteiger partial charge in [-0.05, 0) is 19.1 Å². The summed E-state index contributed by atoms with van der Waals surface area (Å²) >= 11 is 0. The number of hydrogen-bond donors (Lipinski definition) is 0. The van der Waals surface area contributed by atoms with Crippen LogP contribution < -0.4 is 4.90 Å². The second kappa shape index (κ2) is 6.60. The van der Waals surface area contributed by atoms with Gasteiger partial charge in [-0.3, -0.25) is 9.67 Å². The zero-order valence-corrected chi connectivity index (χ0v) is 14.3. The van der Waals surface area contributed by atoms with Crippen LogP contribution in [0, 0.1) is 6.92 Å². The Morgan fingerprint density at radius 1 is 1.24 bits per heavy atom. The van der Waals surface area contributed by atoms with Gasteiger partial charge >= 0.3 is 0 Å². The zero-order valence-electron chi connectivity index (χ0n) is 14.3. The molecule has 0 radical (unpaired) electrons. The summed E-state index contributed by atoms with van der Waals surface area (Å²) in [6.07, 6.45) is 5.61. The Hall–Kier alpha value is -2.80. The van der Waals surface area contributed by atoms with Crippen molar-refractivity contribution in [1.29, 1.82) is 0 Å². The second-order valence-electron chi connectivity index (χ2n) is 6.16. The van der Waals surface area contributed by atoms with Gasteiger partial charge in [-0.2, -0.15) is 5.10 Å². The molecule has 0 aromatic carbocycles. The topological polar surface area (TPSA) is 69.0 Å². The van der Waals surface area contributed by atoms with E-state index in [0.29, 0.717) is 12.4 Å². The largest absolute Gasteiger partial charge is 0.370 e. The Labute approximate surface area is 146 Å². The van der Waals surface area contributed by atoms with E-state index in [2.05, 4.69) is 20.0 Å². The fraction of sp³-hybridized carbons (Fsp3) is 0.333. The lowest BCUT2D eigenvalue weighted by molar-refractivity contribution is 0.0395. The van der Waals surface area contributed by atoms with Crippen molar-refractivity contribution in [2.24, 2.45) is 7.05 Å². The highest BCUT2D eigenvalue weighted by Crippen LogP contribution is 2.26. The molecule has 7 nitrogen and oxygen atoms in total. The standard InChI is InChI=1S/C18H20N6O/c1-13-9-17(22-18(21-13)15-5-3-4-6-19-15)24-7-8-25-16(12-24)14-10-20-23(2)11-14/h3-6,9-11,16H,7-8,12H2,1-2H3. The Bertz CT molecular complexity index is 863. The minimum absolute atomic E-state index is 0.00368. The molecule has 1 unspecified atom stereocenters. The van der Waals surface area contributed by atoms with Crippen molar-refractivity contribution < 1.29 is 4.74 Å². The molecule has 3 aromatic heterocycles. The lowest BCUT2D eigenvalue weighted by Gasteiger charge is -2.33. The van der Waals surface area contributed by atoms with Crippen LogP contribution in [0.1, 0.15) is 17.4 Å². The first-order chi connectivity index (χ1) is 12.2. The van der Waals surface area contributed by atoms with E-state index in [1.807, 2.05) is 50.6 Å². The van der Waals surface area contributed by atoms with Crippen LogP contribution in [-0.2, 0) is 11.8 Å². The number of morpholine rings is 1. The first-order valence-corrected chi connectivity index (χ1v) is 8.31. The van der Waals surface area contributed by atoms with Crippen LogP contribution in [0.15, 0.2) is 42.9 Å². The molecule has 1 aliphatic rings. The van der Waals surface area contributed by atoms with Gasteiger partial charge in [-0.15, -0.1) is 0 Å². The summed E-state index contributed by atoms with van der Waals surface area (Å²) in [4.78, 5) is 15.9. The summed E-state index contributed by atoms with van der Waals surface area (Å²) in [6.45, 7) is 4.18. The second-order valence-corrected chi connectivity index (χ2v) is 6.16. The number of rotatable bonds is 3. The number of hydrogen-bond acceptors (Lipinski definition) is 6. The van der Waals surface area contributed by atoms with Crippen LogP contribution in [0.5, 0.6) is 0 Å². The maximum atomic E-state index is 5.92. The first kappa shape index (κ1) is 15.7. The maximum Gasteiger partial charge on any atom is 0.180 e. The van der Waals surface area contributed by atoms with E-state index >= 15 is 0 Å². The first-order valence-electron chi connectivity index (χ1n) is 8.31. The molecule has 7 heteroatoms. The predicted molar refractivity (Wildman–Crippen MR) is 94.1 cm³/mol. The highest BCUT2D eigenvalue weighted by Gasteiger charge is 2.24. The molecule has 0 bridgehead atoms. The normalized spacial score (nSPS) is 17.7. The third kappa shape index (κ3) is 3.36. The number of ether oxygens (including phenoxy) is 1. The van der Waals surface area contributed by atoms with E-state index in [-0.39, 0.29) is 6.10 Å². The molecule has 0 spiro atoms. The summed E-state index contributed by atoms with van der Waals surface area (Å²) in [7, 11) is 1.91. The summed E-state index contributed by atoms with van der Waals surface area (Å²) < 4.78 is 7.72. The predicted octanol–water partition coefficient (Wildman–Crippen LogP) is 2.16. The fourth-order valence-corrected chi connectivity index (χ4v) is 2.99. The summed E-state index contributed by atoms with van der Waals surface area (Å²) in [5.41, 5.74) is 2.79. The lowest BCUT2D eigenvalue weighted by Crippen LogP contribution is -2.39. The Balaban J connectivity index is 1.61. The van der Waals surface area contributed by atoms with Crippen molar-refractivity contribution in [2.45, 2.75) is 13.0 Å². The molecule has 128 valence electrons. The van der Waals surface area contributed by atoms with Crippen molar-refractivity contribution in [2.75, 3.05) is 24.6 Å². The third-order valence-electron chi connectivity index (χ3n) is 4.22. The van der Waals surface area contributed by atoms with Crippen molar-refractivity contribution in [3.8, 4) is 11.5 Å². The van der Waals surface area contributed by atoms with Crippen LogP contribution in [-0.4, -0.2) is 44.4 Å². The molecule has 0 N–H and O–H groups in total. The molecule has 1 saturated heterocycles. The minimum Gasteiger partial charge on any atom is -0.370 e. The van der Waals surface area contributed by atoms with E-state index in [9.17, 15) is 0 Å². The summed E-state index contributed by atoms with van der Waals surface area (Å²) in [6, 6.07) is 7.77. The summed E-state index contributed by atoms with van der Waals surface area (Å²) in [5.74, 6) is 1.56. The van der Waals surface area contributed by atoms with Gasteiger partial charge in [0, 0.05) is 49.9 Å². The van der Waals surface area contributed by atoms with Crippen molar-refractivity contribution >= 4 is 5.82 Å². The van der Waals surface area contributed by atoms with E-state index in [1.54, 1.807) is 10.9 Å². The van der Waals surface area contributed by atoms with Gasteiger partial charge < -0.3 is 9.64 Å². The number of aromatic nitrogens is 5. The van der Waals surface area contributed by atoms with Gasteiger partial charge in [0.25, 0.3) is 0 Å². The van der Waals surface area contributed by atoms with Crippen molar-refractivity contribution in [3.63, 3.8) is 0 Å². The fourth-order valence-electron chi connectivity index (χ4n) is 2.99. The monoisotopic (exact) mass is 336 g/mol. The quantitative estimate of drug-likeness (QED) is 0.730. The molecule has 0 saturated carbocycles. The summed E-state index contributed by atoms with van der Waals surface area (Å²) in [5, 5.41) is 4.24. The molecule has 1 aliphatic heterocycles. The number of aryl methyl sites for hydroxylation is 2. The van der Waals surface area contributed by atoms with Crippen LogP contribution in [0.25, 0.3) is 11.5 Å². The van der Waals surface area contributed by atoms with E-state index in [1.165, 1.54) is 0 Å². The molecule has 1 fully saturated rings. The lowest BCUT2D eigenvalue weighted by atomic mass is 10.1. The van der Waals surface area contributed by atoms with E-state index < -0.39 is 0 Å². The number of nitrogens with zero attached hydrogens (tertiary/aromatic N) is 6. The average molecular weight is 336 g/mol. The van der Waals surface area contributed by atoms with Crippen LogP contribution >= 0.6 is 0 Å².